The van der Waals surface area contributed by atoms with Crippen LogP contribution in [0.5, 0.6) is 0 Å². The van der Waals surface area contributed by atoms with Gasteiger partial charge in [0.15, 0.2) is 5.96 Å². The summed E-state index contributed by atoms with van der Waals surface area (Å²) < 4.78 is 0. The second-order valence-corrected chi connectivity index (χ2v) is 5.30. The first-order valence-corrected chi connectivity index (χ1v) is 7.36. The van der Waals surface area contributed by atoms with Gasteiger partial charge in [-0.15, -0.1) is 0 Å². The maximum atomic E-state index is 10.3. The lowest BCUT2D eigenvalue weighted by atomic mass is 10.0. The van der Waals surface area contributed by atoms with Gasteiger partial charge in [0.25, 0.3) is 0 Å². The molecular formula is C15H24N4O. The molecule has 5 heteroatoms. The molecule has 0 saturated heterocycles. The van der Waals surface area contributed by atoms with Crippen molar-refractivity contribution < 1.29 is 5.11 Å². The normalized spacial score (nSPS) is 18.0. The Hall–Kier alpha value is -1.62. The summed E-state index contributed by atoms with van der Waals surface area (Å²) in [5.41, 5.74) is 0.366. The maximum absolute atomic E-state index is 10.3. The second kappa shape index (κ2) is 7.24. The largest absolute Gasteiger partial charge is 0.388 e. The van der Waals surface area contributed by atoms with Gasteiger partial charge < -0.3 is 15.7 Å². The highest BCUT2D eigenvalue weighted by Gasteiger charge is 2.30. The van der Waals surface area contributed by atoms with E-state index in [1.54, 1.807) is 6.20 Å². The van der Waals surface area contributed by atoms with E-state index in [0.717, 1.165) is 43.9 Å². The molecule has 1 saturated carbocycles. The van der Waals surface area contributed by atoms with E-state index in [-0.39, 0.29) is 0 Å². The van der Waals surface area contributed by atoms with E-state index in [1.807, 2.05) is 25.1 Å². The minimum atomic E-state index is -0.568. The van der Waals surface area contributed by atoms with Gasteiger partial charge in [-0.1, -0.05) is 18.9 Å². The number of aromatic nitrogens is 1. The number of hydrogen-bond acceptors (Lipinski definition) is 3. The third kappa shape index (κ3) is 4.49. The highest BCUT2D eigenvalue weighted by atomic mass is 16.3. The summed E-state index contributed by atoms with van der Waals surface area (Å²) >= 11 is 0. The molecule has 0 bridgehead atoms. The molecule has 0 aromatic carbocycles. The van der Waals surface area contributed by atoms with E-state index >= 15 is 0 Å². The summed E-state index contributed by atoms with van der Waals surface area (Å²) in [5.74, 6) is 0.735. The Balaban J connectivity index is 1.89. The van der Waals surface area contributed by atoms with Crippen molar-refractivity contribution in [2.45, 2.75) is 44.8 Å². The third-order valence-corrected chi connectivity index (χ3v) is 3.59. The Bertz CT molecular complexity index is 427. The summed E-state index contributed by atoms with van der Waals surface area (Å²) in [6.45, 7) is 3.92. The molecule has 1 aliphatic carbocycles. The lowest BCUT2D eigenvalue weighted by Gasteiger charge is -2.23. The van der Waals surface area contributed by atoms with Crippen LogP contribution in [0.3, 0.4) is 0 Å². The number of aliphatic hydroxyl groups is 1. The van der Waals surface area contributed by atoms with Gasteiger partial charge in [-0.05, 0) is 31.9 Å². The zero-order valence-corrected chi connectivity index (χ0v) is 12.1. The van der Waals surface area contributed by atoms with Crippen LogP contribution in [0.15, 0.2) is 29.4 Å². The smallest absolute Gasteiger partial charge is 0.191 e. The number of guanidine groups is 1. The van der Waals surface area contributed by atoms with E-state index in [0.29, 0.717) is 13.1 Å². The molecule has 1 fully saturated rings. The van der Waals surface area contributed by atoms with Crippen LogP contribution in [0.1, 0.15) is 38.3 Å². The first-order chi connectivity index (χ1) is 9.72. The zero-order chi connectivity index (χ0) is 14.3. The van der Waals surface area contributed by atoms with Gasteiger partial charge in [0.1, 0.15) is 0 Å². The molecule has 1 heterocycles. The first kappa shape index (κ1) is 14.8. The second-order valence-electron chi connectivity index (χ2n) is 5.30. The Morgan fingerprint density at radius 1 is 1.35 bits per heavy atom. The fourth-order valence-electron chi connectivity index (χ4n) is 2.45. The Morgan fingerprint density at radius 2 is 2.15 bits per heavy atom. The molecular weight excluding hydrogens is 252 g/mol. The van der Waals surface area contributed by atoms with Crippen LogP contribution in [0.2, 0.25) is 0 Å². The minimum absolute atomic E-state index is 0.536. The Kier molecular flexibility index (Phi) is 5.35. The van der Waals surface area contributed by atoms with Crippen LogP contribution in [0.25, 0.3) is 0 Å². The average molecular weight is 276 g/mol. The summed E-state index contributed by atoms with van der Waals surface area (Å²) in [6, 6.07) is 5.81. The number of aliphatic imine (C=N–C) groups is 1. The lowest BCUT2D eigenvalue weighted by Crippen LogP contribution is -2.46. The van der Waals surface area contributed by atoms with E-state index in [2.05, 4.69) is 20.6 Å². The van der Waals surface area contributed by atoms with Crippen molar-refractivity contribution in [1.82, 2.24) is 15.6 Å². The molecule has 110 valence electrons. The third-order valence-electron chi connectivity index (χ3n) is 3.59. The predicted octanol–water partition coefficient (Wildman–Crippen LogP) is 1.44. The molecule has 0 atom stereocenters. The highest BCUT2D eigenvalue weighted by molar-refractivity contribution is 5.79. The molecule has 1 aromatic rings. The molecule has 0 amide bonds. The van der Waals surface area contributed by atoms with Gasteiger partial charge in [0.2, 0.25) is 0 Å². The molecule has 3 N–H and O–H groups in total. The van der Waals surface area contributed by atoms with Gasteiger partial charge in [-0.3, -0.25) is 4.98 Å². The van der Waals surface area contributed by atoms with Crippen LogP contribution >= 0.6 is 0 Å². The van der Waals surface area contributed by atoms with Crippen LogP contribution in [0, 0.1) is 0 Å². The maximum Gasteiger partial charge on any atom is 0.191 e. The molecule has 0 radical (unpaired) electrons. The molecule has 0 unspecified atom stereocenters. The Morgan fingerprint density at radius 3 is 2.80 bits per heavy atom. The van der Waals surface area contributed by atoms with Crippen LogP contribution < -0.4 is 10.6 Å². The number of rotatable bonds is 5. The van der Waals surface area contributed by atoms with Crippen LogP contribution in [0.4, 0.5) is 0 Å². The van der Waals surface area contributed by atoms with Crippen molar-refractivity contribution in [3.63, 3.8) is 0 Å². The van der Waals surface area contributed by atoms with Crippen molar-refractivity contribution in [3.05, 3.63) is 30.1 Å². The van der Waals surface area contributed by atoms with Crippen molar-refractivity contribution in [2.75, 3.05) is 13.1 Å². The summed E-state index contributed by atoms with van der Waals surface area (Å²) in [5, 5.41) is 16.8. The van der Waals surface area contributed by atoms with Crippen molar-refractivity contribution in [1.29, 1.82) is 0 Å². The number of hydrogen-bond donors (Lipinski definition) is 3. The molecule has 1 aliphatic rings. The molecule has 5 nitrogen and oxygen atoms in total. The summed E-state index contributed by atoms with van der Waals surface area (Å²) in [4.78, 5) is 8.75. The van der Waals surface area contributed by atoms with E-state index in [4.69, 9.17) is 0 Å². The Labute approximate surface area is 120 Å². The van der Waals surface area contributed by atoms with E-state index in [1.165, 1.54) is 0 Å². The van der Waals surface area contributed by atoms with Gasteiger partial charge >= 0.3 is 0 Å². The first-order valence-electron chi connectivity index (χ1n) is 7.36. The molecule has 0 spiro atoms. The van der Waals surface area contributed by atoms with Gasteiger partial charge in [0, 0.05) is 19.3 Å². The standard InChI is InChI=1S/C15H24N4O/c1-2-16-14(18-11-13-7-3-6-10-17-13)19-12-15(20)8-4-5-9-15/h3,6-7,10,20H,2,4-5,8-9,11-12H2,1H3,(H2,16,18,19). The topological polar surface area (TPSA) is 69.5 Å². The highest BCUT2D eigenvalue weighted by Crippen LogP contribution is 2.28. The molecule has 1 aromatic heterocycles. The summed E-state index contributed by atoms with van der Waals surface area (Å²) in [6.07, 6.45) is 5.74. The number of pyridine rings is 1. The van der Waals surface area contributed by atoms with E-state index < -0.39 is 5.60 Å². The van der Waals surface area contributed by atoms with Gasteiger partial charge in [0.05, 0.1) is 17.8 Å². The van der Waals surface area contributed by atoms with Crippen molar-refractivity contribution >= 4 is 5.96 Å². The van der Waals surface area contributed by atoms with Gasteiger partial charge in [-0.25, -0.2) is 4.99 Å². The average Bonchev–Trinajstić information content (AvgIpc) is 2.90. The quantitative estimate of drug-likeness (QED) is 0.562. The fourth-order valence-corrected chi connectivity index (χ4v) is 2.45. The molecule has 2 rings (SSSR count). The van der Waals surface area contributed by atoms with Gasteiger partial charge in [-0.2, -0.15) is 0 Å². The zero-order valence-electron chi connectivity index (χ0n) is 12.1. The van der Waals surface area contributed by atoms with Crippen molar-refractivity contribution in [3.8, 4) is 0 Å². The van der Waals surface area contributed by atoms with Crippen LogP contribution in [-0.2, 0) is 6.54 Å². The predicted molar refractivity (Wildman–Crippen MR) is 80.5 cm³/mol. The van der Waals surface area contributed by atoms with E-state index in [9.17, 15) is 5.11 Å². The number of nitrogens with one attached hydrogen (secondary N) is 2. The summed E-state index contributed by atoms with van der Waals surface area (Å²) in [7, 11) is 0. The number of nitrogens with zero attached hydrogens (tertiary/aromatic N) is 2. The SMILES string of the molecule is CCNC(=NCc1ccccn1)NCC1(O)CCCC1. The van der Waals surface area contributed by atoms with Crippen molar-refractivity contribution in [2.24, 2.45) is 4.99 Å². The fraction of sp³-hybridized carbons (Fsp3) is 0.600. The minimum Gasteiger partial charge on any atom is -0.388 e. The molecule has 0 aliphatic heterocycles. The monoisotopic (exact) mass is 276 g/mol. The lowest BCUT2D eigenvalue weighted by molar-refractivity contribution is 0.0522. The molecule has 20 heavy (non-hydrogen) atoms. The van der Waals surface area contributed by atoms with Crippen LogP contribution in [-0.4, -0.2) is 34.7 Å².